The van der Waals surface area contributed by atoms with Crippen LogP contribution in [0.25, 0.3) is 0 Å². The van der Waals surface area contributed by atoms with E-state index in [4.69, 9.17) is 10.5 Å². The molecule has 0 aromatic heterocycles. The molecule has 1 aliphatic carbocycles. The van der Waals surface area contributed by atoms with Gasteiger partial charge in [-0.15, -0.1) is 12.4 Å². The Bertz CT molecular complexity index is 322. The fourth-order valence-electron chi connectivity index (χ4n) is 1.04. The van der Waals surface area contributed by atoms with Gasteiger partial charge < -0.3 is 4.74 Å². The van der Waals surface area contributed by atoms with Crippen LogP contribution in [-0.2, 0) is 4.74 Å². The number of carbonyl (C=O) groups is 1. The second-order valence-electron chi connectivity index (χ2n) is 3.32. The quantitative estimate of drug-likeness (QED) is 0.601. The first-order valence-electron chi connectivity index (χ1n) is 4.27. The molecule has 1 saturated carbocycles. The molecule has 1 fully saturated rings. The average molecular weight is 214 g/mol. The molecule has 1 aromatic rings. The Labute approximate surface area is 88.7 Å². The maximum atomic E-state index is 11.4. The highest BCUT2D eigenvalue weighted by Gasteiger charge is 2.42. The summed E-state index contributed by atoms with van der Waals surface area (Å²) in [6.07, 6.45) is 1.54. The van der Waals surface area contributed by atoms with Gasteiger partial charge in [-0.05, 0) is 12.1 Å². The maximum absolute atomic E-state index is 11.4. The summed E-state index contributed by atoms with van der Waals surface area (Å²) in [6.45, 7) is 0. The second kappa shape index (κ2) is 3.98. The van der Waals surface area contributed by atoms with Crippen molar-refractivity contribution < 1.29 is 9.53 Å². The van der Waals surface area contributed by atoms with Crippen molar-refractivity contribution in [3.63, 3.8) is 0 Å². The van der Waals surface area contributed by atoms with Crippen molar-refractivity contribution in [2.75, 3.05) is 0 Å². The lowest BCUT2D eigenvalue weighted by Gasteiger charge is -2.10. The number of benzene rings is 1. The molecule has 14 heavy (non-hydrogen) atoms. The van der Waals surface area contributed by atoms with Crippen molar-refractivity contribution in [2.24, 2.45) is 5.73 Å². The Hall–Kier alpha value is -1.06. The van der Waals surface area contributed by atoms with E-state index >= 15 is 0 Å². The molecule has 1 aromatic carbocycles. The van der Waals surface area contributed by atoms with Gasteiger partial charge in [0.05, 0.1) is 5.56 Å². The van der Waals surface area contributed by atoms with E-state index in [0.717, 1.165) is 12.8 Å². The Morgan fingerprint density at radius 1 is 1.29 bits per heavy atom. The van der Waals surface area contributed by atoms with E-state index in [0.29, 0.717) is 5.56 Å². The summed E-state index contributed by atoms with van der Waals surface area (Å²) in [6, 6.07) is 8.88. The third kappa shape index (κ3) is 2.47. The van der Waals surface area contributed by atoms with Gasteiger partial charge in [0.1, 0.15) is 0 Å². The van der Waals surface area contributed by atoms with Crippen LogP contribution in [0.2, 0.25) is 0 Å². The fraction of sp³-hybridized carbons (Fsp3) is 0.300. The molecule has 0 saturated heterocycles. The fourth-order valence-corrected chi connectivity index (χ4v) is 1.04. The number of halogens is 1. The summed E-state index contributed by atoms with van der Waals surface area (Å²) in [5.41, 5.74) is 5.52. The Morgan fingerprint density at radius 3 is 2.36 bits per heavy atom. The molecule has 1 aliphatic rings. The van der Waals surface area contributed by atoms with Crippen LogP contribution in [0.5, 0.6) is 0 Å². The van der Waals surface area contributed by atoms with Crippen molar-refractivity contribution in [3.05, 3.63) is 35.9 Å². The minimum absolute atomic E-state index is 0. The van der Waals surface area contributed by atoms with Crippen molar-refractivity contribution in [1.29, 1.82) is 0 Å². The van der Waals surface area contributed by atoms with Crippen LogP contribution in [0.3, 0.4) is 0 Å². The standard InChI is InChI=1S/C10H11NO2.ClH/c11-10(6-7-10)13-9(12)8-4-2-1-3-5-8;/h1-5H,6-7,11H2;1H. The van der Waals surface area contributed by atoms with E-state index in [1.807, 2.05) is 6.07 Å². The predicted octanol–water partition coefficient (Wildman–Crippen LogP) is 1.71. The summed E-state index contributed by atoms with van der Waals surface area (Å²) < 4.78 is 5.07. The molecule has 0 atom stereocenters. The Balaban J connectivity index is 0.000000980. The molecule has 0 bridgehead atoms. The second-order valence-corrected chi connectivity index (χ2v) is 3.32. The molecule has 0 heterocycles. The molecule has 0 radical (unpaired) electrons. The lowest BCUT2D eigenvalue weighted by molar-refractivity contribution is 0.0245. The molecule has 4 heteroatoms. The van der Waals surface area contributed by atoms with Gasteiger partial charge in [0, 0.05) is 12.8 Å². The maximum Gasteiger partial charge on any atom is 0.339 e. The first-order valence-corrected chi connectivity index (χ1v) is 4.27. The number of hydrogen-bond acceptors (Lipinski definition) is 3. The largest absolute Gasteiger partial charge is 0.441 e. The molecule has 0 unspecified atom stereocenters. The molecular weight excluding hydrogens is 202 g/mol. The van der Waals surface area contributed by atoms with E-state index in [2.05, 4.69) is 0 Å². The topological polar surface area (TPSA) is 52.3 Å². The Morgan fingerprint density at radius 2 is 1.86 bits per heavy atom. The van der Waals surface area contributed by atoms with Gasteiger partial charge in [0.15, 0.2) is 5.72 Å². The molecule has 2 N–H and O–H groups in total. The minimum atomic E-state index is -0.674. The predicted molar refractivity (Wildman–Crippen MR) is 55.3 cm³/mol. The van der Waals surface area contributed by atoms with E-state index < -0.39 is 5.72 Å². The van der Waals surface area contributed by atoms with E-state index in [1.54, 1.807) is 24.3 Å². The number of rotatable bonds is 2. The van der Waals surface area contributed by atoms with Gasteiger partial charge in [-0.1, -0.05) is 18.2 Å². The van der Waals surface area contributed by atoms with Crippen molar-refractivity contribution in [1.82, 2.24) is 0 Å². The van der Waals surface area contributed by atoms with Gasteiger partial charge in [0.2, 0.25) is 0 Å². The number of hydrogen-bond donors (Lipinski definition) is 1. The Kier molecular flexibility index (Phi) is 3.13. The van der Waals surface area contributed by atoms with Crippen LogP contribution in [0.4, 0.5) is 0 Å². The molecule has 0 aliphatic heterocycles. The lowest BCUT2D eigenvalue weighted by atomic mass is 10.2. The van der Waals surface area contributed by atoms with E-state index in [1.165, 1.54) is 0 Å². The van der Waals surface area contributed by atoms with Gasteiger partial charge in [-0.3, -0.25) is 5.73 Å². The molecule has 3 nitrogen and oxygen atoms in total. The van der Waals surface area contributed by atoms with Gasteiger partial charge in [-0.25, -0.2) is 4.79 Å². The summed E-state index contributed by atoms with van der Waals surface area (Å²) in [5.74, 6) is -0.333. The van der Waals surface area contributed by atoms with Gasteiger partial charge in [-0.2, -0.15) is 0 Å². The van der Waals surface area contributed by atoms with Crippen LogP contribution in [-0.4, -0.2) is 11.7 Å². The van der Waals surface area contributed by atoms with Crippen molar-refractivity contribution in [2.45, 2.75) is 18.6 Å². The molecule has 0 spiro atoms. The summed E-state index contributed by atoms with van der Waals surface area (Å²) in [4.78, 5) is 11.4. The first kappa shape index (κ1) is 11.0. The third-order valence-electron chi connectivity index (χ3n) is 2.05. The van der Waals surface area contributed by atoms with Crippen molar-refractivity contribution in [3.8, 4) is 0 Å². The minimum Gasteiger partial charge on any atom is -0.441 e. The highest BCUT2D eigenvalue weighted by molar-refractivity contribution is 5.89. The van der Waals surface area contributed by atoms with Crippen LogP contribution in [0.1, 0.15) is 23.2 Å². The summed E-state index contributed by atoms with van der Waals surface area (Å²) in [5, 5.41) is 0. The molecule has 0 amide bonds. The summed E-state index contributed by atoms with van der Waals surface area (Å²) in [7, 11) is 0. The van der Waals surface area contributed by atoms with E-state index in [-0.39, 0.29) is 18.4 Å². The zero-order valence-electron chi connectivity index (χ0n) is 7.60. The number of ether oxygens (including phenoxy) is 1. The normalized spacial score (nSPS) is 16.6. The van der Waals surface area contributed by atoms with Crippen LogP contribution in [0.15, 0.2) is 30.3 Å². The SMILES string of the molecule is Cl.NC1(OC(=O)c2ccccc2)CC1. The lowest BCUT2D eigenvalue weighted by Crippen LogP contribution is -2.28. The number of nitrogens with two attached hydrogens (primary N) is 1. The highest BCUT2D eigenvalue weighted by Crippen LogP contribution is 2.34. The van der Waals surface area contributed by atoms with Crippen molar-refractivity contribution >= 4 is 18.4 Å². The molecule has 76 valence electrons. The first-order chi connectivity index (χ1) is 6.20. The summed E-state index contributed by atoms with van der Waals surface area (Å²) >= 11 is 0. The number of carbonyl (C=O) groups excluding carboxylic acids is 1. The van der Waals surface area contributed by atoms with Gasteiger partial charge >= 0.3 is 5.97 Å². The van der Waals surface area contributed by atoms with Crippen LogP contribution < -0.4 is 5.73 Å². The van der Waals surface area contributed by atoms with Gasteiger partial charge in [0.25, 0.3) is 0 Å². The molecular formula is C10H12ClNO2. The zero-order chi connectivity index (χ0) is 9.31. The van der Waals surface area contributed by atoms with E-state index in [9.17, 15) is 4.79 Å². The van der Waals surface area contributed by atoms with Crippen LogP contribution >= 0.6 is 12.4 Å². The smallest absolute Gasteiger partial charge is 0.339 e. The average Bonchev–Trinajstić information content (AvgIpc) is 2.85. The zero-order valence-corrected chi connectivity index (χ0v) is 8.42. The van der Waals surface area contributed by atoms with Crippen LogP contribution in [0, 0.1) is 0 Å². The number of esters is 1. The molecule has 2 rings (SSSR count). The highest BCUT2D eigenvalue weighted by atomic mass is 35.5. The third-order valence-corrected chi connectivity index (χ3v) is 2.05. The monoisotopic (exact) mass is 213 g/mol.